The standard InChI is InChI=1S/C18H18FN3O2/c1-22-9-3-6-15(22)16-20-21-17(24-16)18(7-10-23-11-8-18)13-4-2-5-14(19)12-13/h2-6,9,12H,7-8,10-11H2,1H3. The molecule has 1 aliphatic heterocycles. The van der Waals surface area contributed by atoms with Gasteiger partial charge in [-0.05, 0) is 42.7 Å². The molecule has 1 aliphatic rings. The van der Waals surface area contributed by atoms with Crippen molar-refractivity contribution in [2.45, 2.75) is 18.3 Å². The second kappa shape index (κ2) is 5.87. The lowest BCUT2D eigenvalue weighted by Crippen LogP contribution is -2.35. The van der Waals surface area contributed by atoms with Crippen LogP contribution in [0, 0.1) is 5.82 Å². The van der Waals surface area contributed by atoms with Gasteiger partial charge in [0.1, 0.15) is 11.5 Å². The molecule has 24 heavy (non-hydrogen) atoms. The molecule has 0 radical (unpaired) electrons. The van der Waals surface area contributed by atoms with Gasteiger partial charge in [-0.1, -0.05) is 12.1 Å². The molecule has 0 unspecified atom stereocenters. The zero-order valence-electron chi connectivity index (χ0n) is 13.4. The molecule has 4 rings (SSSR count). The predicted molar refractivity (Wildman–Crippen MR) is 85.9 cm³/mol. The highest BCUT2D eigenvalue weighted by Crippen LogP contribution is 2.41. The van der Waals surface area contributed by atoms with Crippen LogP contribution in [-0.2, 0) is 17.2 Å². The summed E-state index contributed by atoms with van der Waals surface area (Å²) in [4.78, 5) is 0. The molecular weight excluding hydrogens is 309 g/mol. The second-order valence-electron chi connectivity index (χ2n) is 6.12. The fourth-order valence-electron chi connectivity index (χ4n) is 3.34. The molecule has 0 saturated carbocycles. The number of benzene rings is 1. The number of ether oxygens (including phenoxy) is 1. The Hall–Kier alpha value is -2.47. The van der Waals surface area contributed by atoms with Gasteiger partial charge in [0.15, 0.2) is 0 Å². The number of nitrogens with zero attached hydrogens (tertiary/aromatic N) is 3. The summed E-state index contributed by atoms with van der Waals surface area (Å²) in [6.07, 6.45) is 3.30. The zero-order valence-corrected chi connectivity index (χ0v) is 13.4. The normalized spacial score (nSPS) is 17.1. The molecule has 0 spiro atoms. The van der Waals surface area contributed by atoms with Gasteiger partial charge >= 0.3 is 0 Å². The molecular formula is C18H18FN3O2. The highest BCUT2D eigenvalue weighted by atomic mass is 19.1. The van der Waals surface area contributed by atoms with Crippen LogP contribution >= 0.6 is 0 Å². The molecule has 0 aliphatic carbocycles. The van der Waals surface area contributed by atoms with E-state index >= 15 is 0 Å². The number of hydrogen-bond donors (Lipinski definition) is 0. The number of aromatic nitrogens is 3. The first-order valence-corrected chi connectivity index (χ1v) is 7.98. The zero-order chi connectivity index (χ0) is 16.6. The van der Waals surface area contributed by atoms with Crippen molar-refractivity contribution in [1.29, 1.82) is 0 Å². The fraction of sp³-hybridized carbons (Fsp3) is 0.333. The van der Waals surface area contributed by atoms with Crippen LogP contribution in [-0.4, -0.2) is 28.0 Å². The molecule has 5 nitrogen and oxygen atoms in total. The van der Waals surface area contributed by atoms with Crippen LogP contribution in [0.5, 0.6) is 0 Å². The second-order valence-corrected chi connectivity index (χ2v) is 6.12. The predicted octanol–water partition coefficient (Wildman–Crippen LogP) is 3.31. The molecule has 124 valence electrons. The molecule has 0 amide bonds. The van der Waals surface area contributed by atoms with Gasteiger partial charge in [0.05, 0.1) is 5.41 Å². The largest absolute Gasteiger partial charge is 0.418 e. The summed E-state index contributed by atoms with van der Waals surface area (Å²) in [5, 5.41) is 8.52. The molecule has 1 aromatic carbocycles. The Morgan fingerprint density at radius 3 is 2.67 bits per heavy atom. The van der Waals surface area contributed by atoms with Crippen LogP contribution < -0.4 is 0 Å². The maximum absolute atomic E-state index is 13.8. The van der Waals surface area contributed by atoms with Crippen molar-refractivity contribution in [1.82, 2.24) is 14.8 Å². The Balaban J connectivity index is 1.80. The van der Waals surface area contributed by atoms with Crippen LogP contribution in [0.25, 0.3) is 11.6 Å². The minimum Gasteiger partial charge on any atom is -0.418 e. The van der Waals surface area contributed by atoms with Crippen molar-refractivity contribution < 1.29 is 13.5 Å². The maximum Gasteiger partial charge on any atom is 0.264 e. The SMILES string of the molecule is Cn1cccc1-c1nnc(C2(c3cccc(F)c3)CCOCC2)o1. The quantitative estimate of drug-likeness (QED) is 0.740. The molecule has 0 N–H and O–H groups in total. The summed E-state index contributed by atoms with van der Waals surface area (Å²) >= 11 is 0. The molecule has 1 saturated heterocycles. The van der Waals surface area contributed by atoms with Gasteiger partial charge in [0, 0.05) is 26.5 Å². The van der Waals surface area contributed by atoms with E-state index < -0.39 is 5.41 Å². The average molecular weight is 327 g/mol. The van der Waals surface area contributed by atoms with Gasteiger partial charge < -0.3 is 13.7 Å². The minimum absolute atomic E-state index is 0.263. The lowest BCUT2D eigenvalue weighted by molar-refractivity contribution is 0.0545. The summed E-state index contributed by atoms with van der Waals surface area (Å²) in [5.41, 5.74) is 1.21. The maximum atomic E-state index is 13.8. The van der Waals surface area contributed by atoms with Gasteiger partial charge in [-0.2, -0.15) is 0 Å². The van der Waals surface area contributed by atoms with Gasteiger partial charge in [-0.15, -0.1) is 10.2 Å². The van der Waals surface area contributed by atoms with Gasteiger partial charge in [0.2, 0.25) is 5.89 Å². The third-order valence-electron chi connectivity index (χ3n) is 4.72. The first kappa shape index (κ1) is 15.1. The van der Waals surface area contributed by atoms with E-state index in [-0.39, 0.29) is 5.82 Å². The van der Waals surface area contributed by atoms with Crippen molar-refractivity contribution in [3.05, 3.63) is 59.9 Å². The lowest BCUT2D eigenvalue weighted by Gasteiger charge is -2.34. The third-order valence-corrected chi connectivity index (χ3v) is 4.72. The minimum atomic E-state index is -0.503. The molecule has 3 heterocycles. The first-order valence-electron chi connectivity index (χ1n) is 7.98. The topological polar surface area (TPSA) is 53.1 Å². The van der Waals surface area contributed by atoms with Gasteiger partial charge in [0.25, 0.3) is 5.89 Å². The number of rotatable bonds is 3. The van der Waals surface area contributed by atoms with Gasteiger partial charge in [-0.25, -0.2) is 4.39 Å². The van der Waals surface area contributed by atoms with E-state index in [4.69, 9.17) is 9.15 Å². The Labute approximate surface area is 139 Å². The van der Waals surface area contributed by atoms with Crippen LogP contribution in [0.1, 0.15) is 24.3 Å². The monoisotopic (exact) mass is 327 g/mol. The lowest BCUT2D eigenvalue weighted by atomic mass is 9.74. The highest BCUT2D eigenvalue weighted by molar-refractivity contribution is 5.48. The Morgan fingerprint density at radius 2 is 1.96 bits per heavy atom. The number of aryl methyl sites for hydroxylation is 1. The molecule has 6 heteroatoms. The van der Waals surface area contributed by atoms with Gasteiger partial charge in [-0.3, -0.25) is 0 Å². The third kappa shape index (κ3) is 2.43. The first-order chi connectivity index (χ1) is 11.7. The van der Waals surface area contributed by atoms with E-state index in [1.54, 1.807) is 12.1 Å². The Bertz CT molecular complexity index is 849. The summed E-state index contributed by atoms with van der Waals surface area (Å²) < 4.78 is 27.2. The van der Waals surface area contributed by atoms with Crippen molar-refractivity contribution in [3.8, 4) is 11.6 Å². The smallest absolute Gasteiger partial charge is 0.264 e. The summed E-state index contributed by atoms with van der Waals surface area (Å²) in [6, 6.07) is 10.5. The summed E-state index contributed by atoms with van der Waals surface area (Å²) in [5.74, 6) is 0.730. The number of halogens is 1. The van der Waals surface area contributed by atoms with E-state index in [2.05, 4.69) is 10.2 Å². The van der Waals surface area contributed by atoms with E-state index in [1.807, 2.05) is 36.0 Å². The van der Waals surface area contributed by atoms with E-state index in [1.165, 1.54) is 6.07 Å². The molecule has 3 aromatic rings. The van der Waals surface area contributed by atoms with Crippen molar-refractivity contribution in [2.24, 2.45) is 7.05 Å². The van der Waals surface area contributed by atoms with Crippen molar-refractivity contribution in [3.63, 3.8) is 0 Å². The number of hydrogen-bond acceptors (Lipinski definition) is 4. The van der Waals surface area contributed by atoms with Crippen LogP contribution in [0.2, 0.25) is 0 Å². The van der Waals surface area contributed by atoms with Crippen molar-refractivity contribution in [2.75, 3.05) is 13.2 Å². The highest BCUT2D eigenvalue weighted by Gasteiger charge is 2.41. The van der Waals surface area contributed by atoms with E-state index in [0.717, 1.165) is 11.3 Å². The average Bonchev–Trinajstić information content (AvgIpc) is 3.24. The Morgan fingerprint density at radius 1 is 1.12 bits per heavy atom. The summed E-state index contributed by atoms with van der Waals surface area (Å²) in [6.45, 7) is 1.16. The molecule has 1 fully saturated rings. The molecule has 0 atom stereocenters. The summed E-state index contributed by atoms with van der Waals surface area (Å²) in [7, 11) is 1.93. The van der Waals surface area contributed by atoms with E-state index in [0.29, 0.717) is 37.8 Å². The van der Waals surface area contributed by atoms with Crippen LogP contribution in [0.15, 0.2) is 47.0 Å². The fourth-order valence-corrected chi connectivity index (χ4v) is 3.34. The van der Waals surface area contributed by atoms with Crippen LogP contribution in [0.4, 0.5) is 4.39 Å². The van der Waals surface area contributed by atoms with Crippen molar-refractivity contribution >= 4 is 0 Å². The molecule has 0 bridgehead atoms. The molecule has 2 aromatic heterocycles. The van der Waals surface area contributed by atoms with E-state index in [9.17, 15) is 4.39 Å². The Kier molecular flexibility index (Phi) is 3.69. The van der Waals surface area contributed by atoms with Crippen LogP contribution in [0.3, 0.4) is 0 Å².